The lowest BCUT2D eigenvalue weighted by Crippen LogP contribution is -1.97. The smallest absolute Gasteiger partial charge is 0.181 e. The molecule has 18 heavy (non-hydrogen) atoms. The van der Waals surface area contributed by atoms with Gasteiger partial charge in [0, 0.05) is 17.4 Å². The SMILES string of the molecule is Nc1ccc(-c2ncn(-c3ccccn3)n2)cc1. The molecule has 0 spiro atoms. The van der Waals surface area contributed by atoms with E-state index in [0.717, 1.165) is 17.1 Å². The summed E-state index contributed by atoms with van der Waals surface area (Å²) >= 11 is 0. The molecule has 3 aromatic rings. The molecule has 0 saturated heterocycles. The Labute approximate surface area is 104 Å². The monoisotopic (exact) mass is 237 g/mol. The largest absolute Gasteiger partial charge is 0.399 e. The van der Waals surface area contributed by atoms with Crippen molar-refractivity contribution >= 4 is 5.69 Å². The summed E-state index contributed by atoms with van der Waals surface area (Å²) in [5.74, 6) is 1.40. The van der Waals surface area contributed by atoms with Crippen LogP contribution >= 0.6 is 0 Å². The molecule has 0 radical (unpaired) electrons. The van der Waals surface area contributed by atoms with Crippen LogP contribution in [0.4, 0.5) is 5.69 Å². The molecule has 2 N–H and O–H groups in total. The van der Waals surface area contributed by atoms with Crippen LogP contribution in [0.25, 0.3) is 17.2 Å². The van der Waals surface area contributed by atoms with Crippen LogP contribution in [0.3, 0.4) is 0 Å². The zero-order valence-corrected chi connectivity index (χ0v) is 9.56. The number of pyridine rings is 1. The van der Waals surface area contributed by atoms with Crippen molar-refractivity contribution in [3.63, 3.8) is 0 Å². The third-order valence-corrected chi connectivity index (χ3v) is 2.54. The first-order chi connectivity index (χ1) is 8.83. The summed E-state index contributed by atoms with van der Waals surface area (Å²) in [5, 5.41) is 4.38. The van der Waals surface area contributed by atoms with Gasteiger partial charge in [0.25, 0.3) is 0 Å². The first kappa shape index (κ1) is 10.5. The third kappa shape index (κ3) is 1.93. The summed E-state index contributed by atoms with van der Waals surface area (Å²) in [4.78, 5) is 8.47. The van der Waals surface area contributed by atoms with E-state index in [-0.39, 0.29) is 0 Å². The highest BCUT2D eigenvalue weighted by atomic mass is 15.4. The van der Waals surface area contributed by atoms with Crippen LogP contribution in [0.1, 0.15) is 0 Å². The van der Waals surface area contributed by atoms with E-state index in [0.29, 0.717) is 5.82 Å². The van der Waals surface area contributed by atoms with Crippen molar-refractivity contribution in [3.8, 4) is 17.2 Å². The van der Waals surface area contributed by atoms with Crippen LogP contribution in [0, 0.1) is 0 Å². The van der Waals surface area contributed by atoms with E-state index in [2.05, 4.69) is 15.1 Å². The lowest BCUT2D eigenvalue weighted by molar-refractivity contribution is 0.848. The molecule has 1 aromatic carbocycles. The first-order valence-electron chi connectivity index (χ1n) is 5.52. The molecular formula is C13H11N5. The molecule has 0 bridgehead atoms. The fourth-order valence-corrected chi connectivity index (χ4v) is 1.63. The van der Waals surface area contributed by atoms with Crippen molar-refractivity contribution in [3.05, 3.63) is 55.0 Å². The number of nitrogens with two attached hydrogens (primary N) is 1. The van der Waals surface area contributed by atoms with Crippen molar-refractivity contribution in [2.75, 3.05) is 5.73 Å². The minimum Gasteiger partial charge on any atom is -0.399 e. The molecule has 0 aliphatic heterocycles. The molecule has 0 fully saturated rings. The van der Waals surface area contributed by atoms with Gasteiger partial charge in [-0.3, -0.25) is 0 Å². The van der Waals surface area contributed by atoms with Crippen molar-refractivity contribution in [1.82, 2.24) is 19.7 Å². The summed E-state index contributed by atoms with van der Waals surface area (Å²) in [6.45, 7) is 0. The molecule has 2 aromatic heterocycles. The molecule has 2 heterocycles. The van der Waals surface area contributed by atoms with Gasteiger partial charge in [0.2, 0.25) is 0 Å². The van der Waals surface area contributed by atoms with Crippen LogP contribution in [-0.2, 0) is 0 Å². The van der Waals surface area contributed by atoms with E-state index in [1.165, 1.54) is 0 Å². The molecule has 5 nitrogen and oxygen atoms in total. The van der Waals surface area contributed by atoms with Crippen molar-refractivity contribution in [2.45, 2.75) is 0 Å². The molecule has 0 unspecified atom stereocenters. The Morgan fingerprint density at radius 1 is 0.944 bits per heavy atom. The summed E-state index contributed by atoms with van der Waals surface area (Å²) in [5.41, 5.74) is 7.30. The van der Waals surface area contributed by atoms with Crippen molar-refractivity contribution in [2.24, 2.45) is 0 Å². The van der Waals surface area contributed by atoms with E-state index in [1.54, 1.807) is 17.2 Å². The van der Waals surface area contributed by atoms with E-state index >= 15 is 0 Å². The topological polar surface area (TPSA) is 69.6 Å². The normalized spacial score (nSPS) is 10.4. The lowest BCUT2D eigenvalue weighted by atomic mass is 10.2. The highest BCUT2D eigenvalue weighted by molar-refractivity contribution is 5.58. The third-order valence-electron chi connectivity index (χ3n) is 2.54. The first-order valence-corrected chi connectivity index (χ1v) is 5.52. The Hall–Kier alpha value is -2.69. The fourth-order valence-electron chi connectivity index (χ4n) is 1.63. The number of nitrogen functional groups attached to an aromatic ring is 1. The number of benzene rings is 1. The Morgan fingerprint density at radius 3 is 2.50 bits per heavy atom. The summed E-state index contributed by atoms with van der Waals surface area (Å²) in [6, 6.07) is 13.1. The van der Waals surface area contributed by atoms with Crippen LogP contribution < -0.4 is 5.73 Å². The molecule has 0 aliphatic rings. The summed E-state index contributed by atoms with van der Waals surface area (Å²) in [6.07, 6.45) is 3.37. The summed E-state index contributed by atoms with van der Waals surface area (Å²) < 4.78 is 1.64. The maximum Gasteiger partial charge on any atom is 0.181 e. The van der Waals surface area contributed by atoms with Gasteiger partial charge in [0.05, 0.1) is 0 Å². The number of anilines is 1. The molecule has 3 rings (SSSR count). The van der Waals surface area contributed by atoms with Gasteiger partial charge in [0.15, 0.2) is 11.6 Å². The Balaban J connectivity index is 1.97. The van der Waals surface area contributed by atoms with Gasteiger partial charge in [0.1, 0.15) is 6.33 Å². The molecule has 0 aliphatic carbocycles. The van der Waals surface area contributed by atoms with Gasteiger partial charge >= 0.3 is 0 Å². The van der Waals surface area contributed by atoms with E-state index in [1.807, 2.05) is 42.5 Å². The van der Waals surface area contributed by atoms with Gasteiger partial charge in [-0.1, -0.05) is 6.07 Å². The van der Waals surface area contributed by atoms with Crippen LogP contribution in [0.2, 0.25) is 0 Å². The Morgan fingerprint density at radius 2 is 1.78 bits per heavy atom. The maximum atomic E-state index is 5.64. The highest BCUT2D eigenvalue weighted by Crippen LogP contribution is 2.16. The average Bonchev–Trinajstić information content (AvgIpc) is 2.90. The predicted molar refractivity (Wildman–Crippen MR) is 69.0 cm³/mol. The maximum absolute atomic E-state index is 5.64. The van der Waals surface area contributed by atoms with Crippen LogP contribution in [0.15, 0.2) is 55.0 Å². The lowest BCUT2D eigenvalue weighted by Gasteiger charge is -1.98. The molecule has 0 saturated carbocycles. The fraction of sp³-hybridized carbons (Fsp3) is 0. The number of nitrogens with zero attached hydrogens (tertiary/aromatic N) is 4. The second-order valence-electron chi connectivity index (χ2n) is 3.82. The average molecular weight is 237 g/mol. The minimum atomic E-state index is 0.653. The van der Waals surface area contributed by atoms with Crippen molar-refractivity contribution < 1.29 is 0 Å². The van der Waals surface area contributed by atoms with Gasteiger partial charge in [-0.15, -0.1) is 5.10 Å². The number of aromatic nitrogens is 4. The molecular weight excluding hydrogens is 226 g/mol. The second-order valence-corrected chi connectivity index (χ2v) is 3.82. The molecule has 0 amide bonds. The van der Waals surface area contributed by atoms with Gasteiger partial charge in [-0.2, -0.15) is 0 Å². The van der Waals surface area contributed by atoms with E-state index < -0.39 is 0 Å². The van der Waals surface area contributed by atoms with Gasteiger partial charge in [-0.05, 0) is 36.4 Å². The highest BCUT2D eigenvalue weighted by Gasteiger charge is 2.05. The predicted octanol–water partition coefficient (Wildman–Crippen LogP) is 1.91. The standard InChI is InChI=1S/C13H11N5/c14-11-6-4-10(5-7-11)13-16-9-18(17-13)12-3-1-2-8-15-12/h1-9H,14H2. The molecule has 0 atom stereocenters. The Bertz CT molecular complexity index is 643. The number of hydrogen-bond donors (Lipinski definition) is 1. The molecule has 5 heteroatoms. The quantitative estimate of drug-likeness (QED) is 0.691. The van der Waals surface area contributed by atoms with Gasteiger partial charge in [-0.25, -0.2) is 14.6 Å². The summed E-state index contributed by atoms with van der Waals surface area (Å²) in [7, 11) is 0. The zero-order valence-electron chi connectivity index (χ0n) is 9.56. The van der Waals surface area contributed by atoms with Gasteiger partial charge < -0.3 is 5.73 Å². The van der Waals surface area contributed by atoms with Crippen LogP contribution in [-0.4, -0.2) is 19.7 Å². The zero-order chi connectivity index (χ0) is 12.4. The minimum absolute atomic E-state index is 0.653. The van der Waals surface area contributed by atoms with Crippen LogP contribution in [0.5, 0.6) is 0 Å². The van der Waals surface area contributed by atoms with Crippen molar-refractivity contribution in [1.29, 1.82) is 0 Å². The number of rotatable bonds is 2. The molecule has 88 valence electrons. The Kier molecular flexibility index (Phi) is 2.49. The van der Waals surface area contributed by atoms with E-state index in [4.69, 9.17) is 5.73 Å². The number of hydrogen-bond acceptors (Lipinski definition) is 4. The second kappa shape index (κ2) is 4.29. The van der Waals surface area contributed by atoms with E-state index in [9.17, 15) is 0 Å².